The Morgan fingerprint density at radius 2 is 1.79 bits per heavy atom. The van der Waals surface area contributed by atoms with E-state index < -0.39 is 5.97 Å². The Morgan fingerprint density at radius 3 is 2.42 bits per heavy atom. The van der Waals surface area contributed by atoms with E-state index in [1.807, 2.05) is 0 Å². The van der Waals surface area contributed by atoms with Gasteiger partial charge in [-0.15, -0.1) is 0 Å². The van der Waals surface area contributed by atoms with Gasteiger partial charge in [0.1, 0.15) is 0 Å². The molecule has 4 nitrogen and oxygen atoms in total. The van der Waals surface area contributed by atoms with Crippen LogP contribution < -0.4 is 0 Å². The third-order valence-corrected chi connectivity index (χ3v) is 4.14. The van der Waals surface area contributed by atoms with Gasteiger partial charge < -0.3 is 14.9 Å². The molecule has 4 heteroatoms. The Balaban J connectivity index is 2.63. The Labute approximate surface area is 145 Å². The van der Waals surface area contributed by atoms with Gasteiger partial charge in [0.25, 0.3) is 0 Å². The number of benzene rings is 1. The third-order valence-electron chi connectivity index (χ3n) is 4.14. The second-order valence-electron chi connectivity index (χ2n) is 6.38. The van der Waals surface area contributed by atoms with Gasteiger partial charge in [0.05, 0.1) is 6.61 Å². The molecule has 1 rings (SSSR count). The average molecular weight is 334 g/mol. The number of esters is 1. The number of hydrogen-bond donors (Lipinski definition) is 2. The summed E-state index contributed by atoms with van der Waals surface area (Å²) in [5, 5.41) is 19.2. The summed E-state index contributed by atoms with van der Waals surface area (Å²) in [7, 11) is 0. The standard InChI is InChI=1S/C20H30O4/c1-4-5-6-7-8-9-10-17(14-24-20(23)15(2)3)16-11-12-18(21)19(22)13-16/h11-13,17,21-22H,2,4-10,14H2,1,3H3. The Bertz CT molecular complexity index is 536. The fraction of sp³-hybridized carbons (Fsp3) is 0.550. The predicted molar refractivity (Wildman–Crippen MR) is 96.3 cm³/mol. The molecule has 0 radical (unpaired) electrons. The number of carbonyl (C=O) groups is 1. The molecule has 0 spiro atoms. The van der Waals surface area contributed by atoms with Crippen molar-refractivity contribution >= 4 is 5.97 Å². The molecule has 1 atom stereocenters. The highest BCUT2D eigenvalue weighted by atomic mass is 16.5. The van der Waals surface area contributed by atoms with Crippen molar-refractivity contribution < 1.29 is 19.7 Å². The molecule has 0 bridgehead atoms. The highest BCUT2D eigenvalue weighted by molar-refractivity contribution is 5.86. The minimum atomic E-state index is -0.397. The van der Waals surface area contributed by atoms with Gasteiger partial charge in [-0.1, -0.05) is 58.1 Å². The van der Waals surface area contributed by atoms with E-state index in [0.717, 1.165) is 24.8 Å². The van der Waals surface area contributed by atoms with Crippen molar-refractivity contribution in [1.82, 2.24) is 0 Å². The van der Waals surface area contributed by atoms with Crippen molar-refractivity contribution in [3.05, 3.63) is 35.9 Å². The molecule has 0 fully saturated rings. The molecule has 1 unspecified atom stereocenters. The van der Waals surface area contributed by atoms with Crippen molar-refractivity contribution in [2.45, 2.75) is 64.7 Å². The molecule has 0 aromatic heterocycles. The van der Waals surface area contributed by atoms with E-state index in [1.165, 1.54) is 31.7 Å². The van der Waals surface area contributed by atoms with Gasteiger partial charge >= 0.3 is 5.97 Å². The first-order valence-corrected chi connectivity index (χ1v) is 8.80. The Kier molecular flexibility index (Phi) is 8.98. The number of phenols is 2. The number of hydrogen-bond acceptors (Lipinski definition) is 4. The average Bonchev–Trinajstić information content (AvgIpc) is 2.55. The molecule has 0 amide bonds. The van der Waals surface area contributed by atoms with Crippen LogP contribution in [0.2, 0.25) is 0 Å². The molecule has 0 aliphatic carbocycles. The Hall–Kier alpha value is -1.97. The fourth-order valence-corrected chi connectivity index (χ4v) is 2.61. The molecule has 0 saturated carbocycles. The van der Waals surface area contributed by atoms with Gasteiger partial charge in [0, 0.05) is 11.5 Å². The van der Waals surface area contributed by atoms with Crippen LogP contribution in [0.3, 0.4) is 0 Å². The van der Waals surface area contributed by atoms with Crippen LogP contribution in [-0.2, 0) is 9.53 Å². The summed E-state index contributed by atoms with van der Waals surface area (Å²) in [6, 6.07) is 4.79. The molecular weight excluding hydrogens is 304 g/mol. The van der Waals surface area contributed by atoms with E-state index in [1.54, 1.807) is 19.1 Å². The third kappa shape index (κ3) is 7.07. The minimum Gasteiger partial charge on any atom is -0.504 e. The normalized spacial score (nSPS) is 11.9. The van der Waals surface area contributed by atoms with Gasteiger partial charge in [0.15, 0.2) is 11.5 Å². The summed E-state index contributed by atoms with van der Waals surface area (Å²) in [6.07, 6.45) is 8.03. The first kappa shape index (κ1) is 20.1. The zero-order valence-corrected chi connectivity index (χ0v) is 14.9. The summed E-state index contributed by atoms with van der Waals surface area (Å²) in [6.45, 7) is 7.66. The molecule has 1 aromatic carbocycles. The maximum absolute atomic E-state index is 11.6. The SMILES string of the molecule is C=C(C)C(=O)OCC(CCCCCCCC)c1ccc(O)c(O)c1. The van der Waals surface area contributed by atoms with E-state index in [4.69, 9.17) is 4.74 Å². The maximum atomic E-state index is 11.6. The molecule has 0 saturated heterocycles. The van der Waals surface area contributed by atoms with Crippen LogP contribution in [0, 0.1) is 0 Å². The molecule has 0 aliphatic rings. The lowest BCUT2D eigenvalue weighted by Crippen LogP contribution is -2.13. The summed E-state index contributed by atoms with van der Waals surface area (Å²) in [5.74, 6) is -0.681. The van der Waals surface area contributed by atoms with Crippen molar-refractivity contribution in [2.75, 3.05) is 6.61 Å². The lowest BCUT2D eigenvalue weighted by atomic mass is 9.93. The quantitative estimate of drug-likeness (QED) is 0.257. The van der Waals surface area contributed by atoms with Gasteiger partial charge in [-0.05, 0) is 31.0 Å². The second-order valence-corrected chi connectivity index (χ2v) is 6.38. The zero-order chi connectivity index (χ0) is 17.9. The molecule has 0 aliphatic heterocycles. The number of aromatic hydroxyl groups is 2. The topological polar surface area (TPSA) is 66.8 Å². The molecule has 24 heavy (non-hydrogen) atoms. The molecule has 134 valence electrons. The van der Waals surface area contributed by atoms with Gasteiger partial charge in [-0.3, -0.25) is 0 Å². The monoisotopic (exact) mass is 334 g/mol. The van der Waals surface area contributed by atoms with Crippen LogP contribution in [0.25, 0.3) is 0 Å². The number of unbranched alkanes of at least 4 members (excludes halogenated alkanes) is 5. The van der Waals surface area contributed by atoms with Crippen LogP contribution in [-0.4, -0.2) is 22.8 Å². The second kappa shape index (κ2) is 10.7. The highest BCUT2D eigenvalue weighted by Gasteiger charge is 2.16. The zero-order valence-electron chi connectivity index (χ0n) is 14.9. The molecule has 1 aromatic rings. The molecule has 0 heterocycles. The van der Waals surface area contributed by atoms with Crippen molar-refractivity contribution in [1.29, 1.82) is 0 Å². The Morgan fingerprint density at radius 1 is 1.12 bits per heavy atom. The lowest BCUT2D eigenvalue weighted by molar-refractivity contribution is -0.139. The number of rotatable bonds is 11. The first-order valence-electron chi connectivity index (χ1n) is 8.80. The largest absolute Gasteiger partial charge is 0.504 e. The van der Waals surface area contributed by atoms with Crippen molar-refractivity contribution in [2.24, 2.45) is 0 Å². The van der Waals surface area contributed by atoms with Crippen LogP contribution >= 0.6 is 0 Å². The fourth-order valence-electron chi connectivity index (χ4n) is 2.61. The van der Waals surface area contributed by atoms with Crippen LogP contribution in [0.4, 0.5) is 0 Å². The van der Waals surface area contributed by atoms with Crippen molar-refractivity contribution in [3.63, 3.8) is 0 Å². The van der Waals surface area contributed by atoms with Gasteiger partial charge in [0.2, 0.25) is 0 Å². The smallest absolute Gasteiger partial charge is 0.333 e. The van der Waals surface area contributed by atoms with Crippen LogP contribution in [0.15, 0.2) is 30.4 Å². The summed E-state index contributed by atoms with van der Waals surface area (Å²) < 4.78 is 5.30. The van der Waals surface area contributed by atoms with Gasteiger partial charge in [-0.25, -0.2) is 4.79 Å². The van der Waals surface area contributed by atoms with Gasteiger partial charge in [-0.2, -0.15) is 0 Å². The maximum Gasteiger partial charge on any atom is 0.333 e. The van der Waals surface area contributed by atoms with Crippen LogP contribution in [0.5, 0.6) is 11.5 Å². The van der Waals surface area contributed by atoms with Crippen LogP contribution in [0.1, 0.15) is 70.3 Å². The van der Waals surface area contributed by atoms with E-state index in [9.17, 15) is 15.0 Å². The number of ether oxygens (including phenoxy) is 1. The summed E-state index contributed by atoms with van der Waals surface area (Å²) in [5.41, 5.74) is 1.25. The summed E-state index contributed by atoms with van der Waals surface area (Å²) in [4.78, 5) is 11.6. The molecule has 2 N–H and O–H groups in total. The minimum absolute atomic E-state index is 0.00553. The number of phenolic OH excluding ortho intramolecular Hbond substituents is 2. The number of carbonyl (C=O) groups excluding carboxylic acids is 1. The van der Waals surface area contributed by atoms with E-state index >= 15 is 0 Å². The lowest BCUT2D eigenvalue weighted by Gasteiger charge is -2.18. The van der Waals surface area contributed by atoms with E-state index in [0.29, 0.717) is 5.57 Å². The highest BCUT2D eigenvalue weighted by Crippen LogP contribution is 2.31. The first-order chi connectivity index (χ1) is 11.5. The van der Waals surface area contributed by atoms with Crippen molar-refractivity contribution in [3.8, 4) is 11.5 Å². The van der Waals surface area contributed by atoms with E-state index in [-0.39, 0.29) is 24.0 Å². The summed E-state index contributed by atoms with van der Waals surface area (Å²) >= 11 is 0. The molecular formula is C20H30O4. The predicted octanol–water partition coefficient (Wildman–Crippen LogP) is 5.05. The van der Waals surface area contributed by atoms with E-state index in [2.05, 4.69) is 13.5 Å².